The minimum Gasteiger partial charge on any atom is -0.389 e. The van der Waals surface area contributed by atoms with Crippen LogP contribution in [-0.2, 0) is 4.74 Å². The highest BCUT2D eigenvalue weighted by atomic mass is 16.5. The second kappa shape index (κ2) is 8.12. The lowest BCUT2D eigenvalue weighted by Gasteiger charge is -2.22. The molecule has 148 valence electrons. The van der Waals surface area contributed by atoms with Crippen molar-refractivity contribution < 1.29 is 19.4 Å². The van der Waals surface area contributed by atoms with Crippen LogP contribution in [0.15, 0.2) is 36.5 Å². The summed E-state index contributed by atoms with van der Waals surface area (Å²) in [5.41, 5.74) is 2.14. The molecule has 1 aromatic carbocycles. The Morgan fingerprint density at radius 2 is 1.79 bits per heavy atom. The van der Waals surface area contributed by atoms with Crippen LogP contribution in [0.1, 0.15) is 38.7 Å². The third kappa shape index (κ3) is 3.93. The van der Waals surface area contributed by atoms with Gasteiger partial charge in [-0.1, -0.05) is 12.1 Å². The molecule has 2 N–H and O–H groups in total. The molecular formula is C20H24N4O4. The van der Waals surface area contributed by atoms with E-state index >= 15 is 0 Å². The lowest BCUT2D eigenvalue weighted by molar-refractivity contribution is 0.0629. The molecule has 0 spiro atoms. The second-order valence-corrected chi connectivity index (χ2v) is 7.31. The van der Waals surface area contributed by atoms with Crippen LogP contribution in [0.25, 0.3) is 0 Å². The third-order valence-corrected chi connectivity index (χ3v) is 5.37. The zero-order valence-electron chi connectivity index (χ0n) is 15.6. The molecule has 2 aliphatic rings. The fourth-order valence-corrected chi connectivity index (χ4v) is 3.78. The highest BCUT2D eigenvalue weighted by Gasteiger charge is 2.28. The van der Waals surface area contributed by atoms with Gasteiger partial charge in [-0.05, 0) is 30.2 Å². The molecule has 0 aliphatic carbocycles. The number of nitrogens with zero attached hydrogens (tertiary/aromatic N) is 3. The topological polar surface area (TPSA) is 98.8 Å². The minimum absolute atomic E-state index is 0.135. The first-order valence-electron chi connectivity index (χ1n) is 9.55. The Morgan fingerprint density at radius 3 is 2.39 bits per heavy atom. The predicted octanol–water partition coefficient (Wildman–Crippen LogP) is 0.873. The summed E-state index contributed by atoms with van der Waals surface area (Å²) in [7, 11) is 0. The molecule has 4 rings (SSSR count). The molecule has 2 saturated heterocycles. The van der Waals surface area contributed by atoms with Gasteiger partial charge in [-0.25, -0.2) is 0 Å². The number of aromatic nitrogens is 2. The summed E-state index contributed by atoms with van der Waals surface area (Å²) < 4.78 is 5.42. The van der Waals surface area contributed by atoms with E-state index < -0.39 is 6.10 Å². The first-order chi connectivity index (χ1) is 13.6. The average molecular weight is 384 g/mol. The van der Waals surface area contributed by atoms with Crippen LogP contribution in [-0.4, -0.2) is 82.4 Å². The Morgan fingerprint density at radius 1 is 1.07 bits per heavy atom. The maximum Gasteiger partial charge on any atom is 0.272 e. The minimum atomic E-state index is -0.798. The summed E-state index contributed by atoms with van der Waals surface area (Å²) in [5.74, 6) is 0.0318. The van der Waals surface area contributed by atoms with Crippen LogP contribution in [0.2, 0.25) is 0 Å². The number of carbonyl (C=O) groups is 2. The number of H-pyrrole nitrogens is 1. The summed E-state index contributed by atoms with van der Waals surface area (Å²) in [5, 5.41) is 16.8. The van der Waals surface area contributed by atoms with E-state index in [1.54, 1.807) is 15.9 Å². The number of aliphatic hydroxyl groups is 1. The number of aromatic amines is 1. The number of benzene rings is 1. The molecule has 8 heteroatoms. The highest BCUT2D eigenvalue weighted by molar-refractivity contribution is 5.95. The van der Waals surface area contributed by atoms with Crippen molar-refractivity contribution in [2.75, 3.05) is 39.4 Å². The van der Waals surface area contributed by atoms with Gasteiger partial charge in [0.1, 0.15) is 5.69 Å². The Labute approximate surface area is 163 Å². The predicted molar refractivity (Wildman–Crippen MR) is 101 cm³/mol. The number of rotatable bonds is 3. The van der Waals surface area contributed by atoms with Gasteiger partial charge in [-0.15, -0.1) is 0 Å². The van der Waals surface area contributed by atoms with Crippen molar-refractivity contribution in [2.24, 2.45) is 0 Å². The van der Waals surface area contributed by atoms with Crippen molar-refractivity contribution in [3.63, 3.8) is 0 Å². The van der Waals surface area contributed by atoms with Crippen LogP contribution in [0.3, 0.4) is 0 Å². The first kappa shape index (κ1) is 18.6. The summed E-state index contributed by atoms with van der Waals surface area (Å²) in [6.07, 6.45) is 1.72. The number of ether oxygens (including phenoxy) is 1. The fourth-order valence-electron chi connectivity index (χ4n) is 3.78. The zero-order valence-corrected chi connectivity index (χ0v) is 15.6. The SMILES string of the molecule is O=C(c1ccc(C2CCOC2)cc1)N1CCN(C(=O)c2ccn[nH]2)CC(O)C1. The van der Waals surface area contributed by atoms with Crippen molar-refractivity contribution in [3.8, 4) is 0 Å². The Balaban J connectivity index is 1.42. The van der Waals surface area contributed by atoms with Crippen molar-refractivity contribution in [1.29, 1.82) is 0 Å². The standard InChI is InChI=1S/C20H24N4O4/c25-17-11-23(8-9-24(12-17)20(27)18-5-7-21-22-18)19(26)15-3-1-14(2-4-15)16-6-10-28-13-16/h1-5,7,16-17,25H,6,8-13H2,(H,21,22). The van der Waals surface area contributed by atoms with Crippen LogP contribution in [0.4, 0.5) is 0 Å². The largest absolute Gasteiger partial charge is 0.389 e. The van der Waals surface area contributed by atoms with Crippen molar-refractivity contribution in [2.45, 2.75) is 18.4 Å². The van der Waals surface area contributed by atoms with E-state index in [2.05, 4.69) is 10.2 Å². The fraction of sp³-hybridized carbons (Fsp3) is 0.450. The second-order valence-electron chi connectivity index (χ2n) is 7.31. The van der Waals surface area contributed by atoms with Gasteiger partial charge in [-0.3, -0.25) is 14.7 Å². The van der Waals surface area contributed by atoms with E-state index in [-0.39, 0.29) is 24.9 Å². The van der Waals surface area contributed by atoms with Crippen molar-refractivity contribution in [1.82, 2.24) is 20.0 Å². The van der Waals surface area contributed by atoms with Gasteiger partial charge in [0.15, 0.2) is 0 Å². The molecule has 1 aromatic heterocycles. The van der Waals surface area contributed by atoms with Crippen LogP contribution >= 0.6 is 0 Å². The van der Waals surface area contributed by atoms with Crippen LogP contribution in [0.5, 0.6) is 0 Å². The Bertz CT molecular complexity index is 815. The van der Waals surface area contributed by atoms with Gasteiger partial charge in [0.2, 0.25) is 0 Å². The zero-order chi connectivity index (χ0) is 19.5. The normalized spacial score (nSPS) is 22.9. The molecule has 2 fully saturated rings. The van der Waals surface area contributed by atoms with E-state index in [1.807, 2.05) is 24.3 Å². The average Bonchev–Trinajstić information content (AvgIpc) is 3.40. The molecule has 0 radical (unpaired) electrons. The summed E-state index contributed by atoms with van der Waals surface area (Å²) in [6.45, 7) is 2.62. The maximum absolute atomic E-state index is 12.9. The van der Waals surface area contributed by atoms with E-state index in [1.165, 1.54) is 11.8 Å². The monoisotopic (exact) mass is 384 g/mol. The molecule has 2 amide bonds. The molecule has 28 heavy (non-hydrogen) atoms. The number of carbonyl (C=O) groups excluding carboxylic acids is 2. The maximum atomic E-state index is 12.9. The smallest absolute Gasteiger partial charge is 0.272 e. The van der Waals surface area contributed by atoms with Gasteiger partial charge in [-0.2, -0.15) is 5.10 Å². The van der Waals surface area contributed by atoms with E-state index in [0.717, 1.165) is 19.6 Å². The highest BCUT2D eigenvalue weighted by Crippen LogP contribution is 2.25. The van der Waals surface area contributed by atoms with E-state index in [0.29, 0.717) is 30.3 Å². The Hall–Kier alpha value is -2.71. The molecule has 2 atom stereocenters. The number of hydrogen-bond donors (Lipinski definition) is 2. The van der Waals surface area contributed by atoms with E-state index in [4.69, 9.17) is 4.74 Å². The molecule has 0 bridgehead atoms. The lowest BCUT2D eigenvalue weighted by Crippen LogP contribution is -2.38. The van der Waals surface area contributed by atoms with Crippen molar-refractivity contribution in [3.05, 3.63) is 53.3 Å². The van der Waals surface area contributed by atoms with Crippen LogP contribution < -0.4 is 0 Å². The van der Waals surface area contributed by atoms with Gasteiger partial charge in [0, 0.05) is 50.5 Å². The molecule has 2 aromatic rings. The lowest BCUT2D eigenvalue weighted by atomic mass is 9.97. The molecule has 2 aliphatic heterocycles. The summed E-state index contributed by atoms with van der Waals surface area (Å²) >= 11 is 0. The van der Waals surface area contributed by atoms with Gasteiger partial charge in [0.25, 0.3) is 11.8 Å². The molecule has 2 unspecified atom stereocenters. The van der Waals surface area contributed by atoms with E-state index in [9.17, 15) is 14.7 Å². The van der Waals surface area contributed by atoms with Gasteiger partial charge in [0.05, 0.1) is 12.7 Å². The quantitative estimate of drug-likeness (QED) is 0.818. The van der Waals surface area contributed by atoms with Crippen molar-refractivity contribution >= 4 is 11.8 Å². The number of aliphatic hydroxyl groups excluding tert-OH is 1. The summed E-state index contributed by atoms with van der Waals surface area (Å²) in [4.78, 5) is 28.6. The molecule has 0 saturated carbocycles. The van der Waals surface area contributed by atoms with Gasteiger partial charge < -0.3 is 19.6 Å². The Kier molecular flexibility index (Phi) is 5.40. The molecule has 3 heterocycles. The molecular weight excluding hydrogens is 360 g/mol. The van der Waals surface area contributed by atoms with Gasteiger partial charge >= 0.3 is 0 Å². The van der Waals surface area contributed by atoms with Crippen LogP contribution in [0, 0.1) is 0 Å². The first-order valence-corrected chi connectivity index (χ1v) is 9.55. The number of β-amino-alcohol motifs (C(OH)–C–C–N with tert-alkyl or cyclic N) is 1. The number of hydrogen-bond acceptors (Lipinski definition) is 5. The third-order valence-electron chi connectivity index (χ3n) is 5.37. The summed E-state index contributed by atoms with van der Waals surface area (Å²) in [6, 6.07) is 9.23. The number of nitrogens with one attached hydrogen (secondary N) is 1. The molecule has 8 nitrogen and oxygen atoms in total. The number of amides is 2.